The molecule has 1 saturated carbocycles. The summed E-state index contributed by atoms with van der Waals surface area (Å²) >= 11 is 0. The van der Waals surface area contributed by atoms with E-state index in [0.717, 1.165) is 12.8 Å². The van der Waals surface area contributed by atoms with Crippen LogP contribution in [0.1, 0.15) is 37.8 Å². The lowest BCUT2D eigenvalue weighted by Gasteiger charge is -2.38. The summed E-state index contributed by atoms with van der Waals surface area (Å²) in [5.41, 5.74) is -0.806. The highest BCUT2D eigenvalue weighted by Crippen LogP contribution is 2.39. The molecule has 0 saturated heterocycles. The van der Waals surface area contributed by atoms with Crippen molar-refractivity contribution in [2.45, 2.75) is 45.2 Å². The minimum Gasteiger partial charge on any atom is -0.479 e. The predicted molar refractivity (Wildman–Crippen MR) is 71.7 cm³/mol. The van der Waals surface area contributed by atoms with E-state index in [0.29, 0.717) is 5.56 Å². The van der Waals surface area contributed by atoms with Gasteiger partial charge in [-0.1, -0.05) is 12.1 Å². The SMILES string of the molecule is CC(=O)N(C1CC1)C(C)(C(=O)O)c1ccc(C)c(F)c1. The zero-order valence-corrected chi connectivity index (χ0v) is 11.8. The van der Waals surface area contributed by atoms with Gasteiger partial charge in [-0.3, -0.25) is 4.79 Å². The summed E-state index contributed by atoms with van der Waals surface area (Å²) in [4.78, 5) is 25.0. The molecule has 2 rings (SSSR count). The number of hydrogen-bond donors (Lipinski definition) is 1. The number of aliphatic carboxylic acids is 1. The molecule has 1 amide bonds. The fraction of sp³-hybridized carbons (Fsp3) is 0.467. The Balaban J connectivity index is 2.55. The Morgan fingerprint density at radius 2 is 2.00 bits per heavy atom. The molecule has 20 heavy (non-hydrogen) atoms. The van der Waals surface area contributed by atoms with E-state index in [-0.39, 0.29) is 17.5 Å². The van der Waals surface area contributed by atoms with E-state index < -0.39 is 17.3 Å². The van der Waals surface area contributed by atoms with Crippen molar-refractivity contribution in [1.29, 1.82) is 0 Å². The molecule has 4 nitrogen and oxygen atoms in total. The number of rotatable bonds is 4. The second kappa shape index (κ2) is 4.89. The van der Waals surface area contributed by atoms with E-state index in [2.05, 4.69) is 0 Å². The fourth-order valence-electron chi connectivity index (χ4n) is 2.53. The molecule has 5 heteroatoms. The number of carboxylic acid groups (broad SMARTS) is 1. The molecule has 0 spiro atoms. The summed E-state index contributed by atoms with van der Waals surface area (Å²) in [5.74, 6) is -1.92. The Labute approximate surface area is 117 Å². The molecule has 1 aromatic carbocycles. The Hall–Kier alpha value is -1.91. The summed E-state index contributed by atoms with van der Waals surface area (Å²) in [6.07, 6.45) is 1.58. The van der Waals surface area contributed by atoms with Crippen LogP contribution in [0.5, 0.6) is 0 Å². The number of carboxylic acids is 1. The molecule has 1 fully saturated rings. The van der Waals surface area contributed by atoms with Crippen LogP contribution >= 0.6 is 0 Å². The summed E-state index contributed by atoms with van der Waals surface area (Å²) in [6.45, 7) is 4.42. The van der Waals surface area contributed by atoms with Crippen LogP contribution in [0.25, 0.3) is 0 Å². The molecule has 0 bridgehead atoms. The number of carbonyl (C=O) groups is 2. The van der Waals surface area contributed by atoms with Crippen LogP contribution < -0.4 is 0 Å². The monoisotopic (exact) mass is 279 g/mol. The van der Waals surface area contributed by atoms with E-state index >= 15 is 0 Å². The van der Waals surface area contributed by atoms with Crippen molar-refractivity contribution in [2.75, 3.05) is 0 Å². The number of amides is 1. The average Bonchev–Trinajstić information content (AvgIpc) is 3.16. The number of aryl methyl sites for hydroxylation is 1. The minimum atomic E-state index is -1.54. The molecule has 1 atom stereocenters. The van der Waals surface area contributed by atoms with Crippen molar-refractivity contribution in [3.05, 3.63) is 35.1 Å². The fourth-order valence-corrected chi connectivity index (χ4v) is 2.53. The summed E-state index contributed by atoms with van der Waals surface area (Å²) in [7, 11) is 0. The molecule has 1 N–H and O–H groups in total. The number of hydrogen-bond acceptors (Lipinski definition) is 2. The van der Waals surface area contributed by atoms with Crippen molar-refractivity contribution in [2.24, 2.45) is 0 Å². The van der Waals surface area contributed by atoms with E-state index in [9.17, 15) is 19.1 Å². The van der Waals surface area contributed by atoms with Crippen molar-refractivity contribution in [1.82, 2.24) is 4.90 Å². The molecule has 1 aliphatic rings. The summed E-state index contributed by atoms with van der Waals surface area (Å²) in [5, 5.41) is 9.63. The van der Waals surface area contributed by atoms with Gasteiger partial charge in [0.05, 0.1) is 0 Å². The van der Waals surface area contributed by atoms with E-state index in [1.165, 1.54) is 30.9 Å². The molecule has 0 radical (unpaired) electrons. The Morgan fingerprint density at radius 1 is 1.40 bits per heavy atom. The third kappa shape index (κ3) is 2.28. The van der Waals surface area contributed by atoms with Gasteiger partial charge >= 0.3 is 5.97 Å². The topological polar surface area (TPSA) is 57.6 Å². The van der Waals surface area contributed by atoms with E-state index in [1.807, 2.05) is 0 Å². The van der Waals surface area contributed by atoms with E-state index in [1.54, 1.807) is 13.0 Å². The smallest absolute Gasteiger partial charge is 0.334 e. The van der Waals surface area contributed by atoms with Gasteiger partial charge in [0.1, 0.15) is 5.82 Å². The number of benzene rings is 1. The molecule has 1 aromatic rings. The maximum Gasteiger partial charge on any atom is 0.334 e. The summed E-state index contributed by atoms with van der Waals surface area (Å²) in [6, 6.07) is 4.25. The first-order chi connectivity index (χ1) is 9.28. The molecule has 1 aliphatic carbocycles. The maximum atomic E-state index is 13.8. The maximum absolute atomic E-state index is 13.8. The van der Waals surface area contributed by atoms with Gasteiger partial charge in [-0.05, 0) is 43.9 Å². The van der Waals surface area contributed by atoms with Crippen molar-refractivity contribution >= 4 is 11.9 Å². The summed E-state index contributed by atoms with van der Waals surface area (Å²) < 4.78 is 13.8. The van der Waals surface area contributed by atoms with Crippen molar-refractivity contribution in [3.63, 3.8) is 0 Å². The van der Waals surface area contributed by atoms with Gasteiger partial charge < -0.3 is 10.0 Å². The zero-order valence-electron chi connectivity index (χ0n) is 11.8. The third-order valence-electron chi connectivity index (χ3n) is 3.88. The van der Waals surface area contributed by atoms with Gasteiger partial charge in [-0.15, -0.1) is 0 Å². The van der Waals surface area contributed by atoms with Gasteiger partial charge in [0.2, 0.25) is 5.91 Å². The Bertz CT molecular complexity index is 568. The van der Waals surface area contributed by atoms with Crippen LogP contribution in [0.4, 0.5) is 4.39 Å². The second-order valence-corrected chi connectivity index (χ2v) is 5.46. The first-order valence-electron chi connectivity index (χ1n) is 6.58. The molecule has 1 unspecified atom stereocenters. The average molecular weight is 279 g/mol. The normalized spacial score (nSPS) is 17.4. The predicted octanol–water partition coefficient (Wildman–Crippen LogP) is 2.44. The number of carbonyl (C=O) groups excluding carboxylic acids is 1. The second-order valence-electron chi connectivity index (χ2n) is 5.46. The van der Waals surface area contributed by atoms with Crippen LogP contribution in [0.3, 0.4) is 0 Å². The highest BCUT2D eigenvalue weighted by molar-refractivity contribution is 5.87. The van der Waals surface area contributed by atoms with Gasteiger partial charge in [0.15, 0.2) is 5.54 Å². The van der Waals surface area contributed by atoms with E-state index in [4.69, 9.17) is 0 Å². The van der Waals surface area contributed by atoms with Gasteiger partial charge in [-0.2, -0.15) is 0 Å². The van der Waals surface area contributed by atoms with Crippen molar-refractivity contribution < 1.29 is 19.1 Å². The van der Waals surface area contributed by atoms with Crippen LogP contribution in [0, 0.1) is 12.7 Å². The van der Waals surface area contributed by atoms with Crippen LogP contribution in [-0.4, -0.2) is 27.9 Å². The number of nitrogens with zero attached hydrogens (tertiary/aromatic N) is 1. The molecular formula is C15H18FNO3. The Morgan fingerprint density at radius 3 is 2.40 bits per heavy atom. The minimum absolute atomic E-state index is 0.0713. The first-order valence-corrected chi connectivity index (χ1v) is 6.58. The third-order valence-corrected chi connectivity index (χ3v) is 3.88. The Kier molecular flexibility index (Phi) is 3.54. The largest absolute Gasteiger partial charge is 0.479 e. The van der Waals surface area contributed by atoms with Gasteiger partial charge in [0, 0.05) is 13.0 Å². The zero-order chi connectivity index (χ0) is 15.1. The lowest BCUT2D eigenvalue weighted by Crippen LogP contribution is -2.53. The first kappa shape index (κ1) is 14.5. The van der Waals surface area contributed by atoms with Gasteiger partial charge in [0.25, 0.3) is 0 Å². The van der Waals surface area contributed by atoms with Crippen LogP contribution in [0.15, 0.2) is 18.2 Å². The molecule has 108 valence electrons. The highest BCUT2D eigenvalue weighted by atomic mass is 19.1. The number of halogens is 1. The molecule has 0 aromatic heterocycles. The standard InChI is InChI=1S/C15H18FNO3/c1-9-4-5-11(8-13(9)16)15(3,14(19)20)17(10(2)18)12-6-7-12/h4-5,8,12H,6-7H2,1-3H3,(H,19,20). The quantitative estimate of drug-likeness (QED) is 0.921. The molecular weight excluding hydrogens is 261 g/mol. The van der Waals surface area contributed by atoms with Crippen LogP contribution in [-0.2, 0) is 15.1 Å². The molecule has 0 aliphatic heterocycles. The van der Waals surface area contributed by atoms with Crippen molar-refractivity contribution in [3.8, 4) is 0 Å². The lowest BCUT2D eigenvalue weighted by atomic mass is 9.88. The molecule has 0 heterocycles. The highest BCUT2D eigenvalue weighted by Gasteiger charge is 2.49. The van der Waals surface area contributed by atoms with Crippen LogP contribution in [0.2, 0.25) is 0 Å². The lowest BCUT2D eigenvalue weighted by molar-refractivity contribution is -0.159. The van der Waals surface area contributed by atoms with Gasteiger partial charge in [-0.25, -0.2) is 9.18 Å².